The Balaban J connectivity index is 1.59. The second-order valence-electron chi connectivity index (χ2n) is 11.2. The minimum atomic E-state index is -4.23. The van der Waals surface area contributed by atoms with Crippen LogP contribution in [0.4, 0.5) is 11.6 Å². The number of nitrogens with zero attached hydrogens (tertiary/aromatic N) is 5. The summed E-state index contributed by atoms with van der Waals surface area (Å²) >= 11 is 0. The number of benzene rings is 2. The summed E-state index contributed by atoms with van der Waals surface area (Å²) in [6, 6.07) is 18.4. The Labute approximate surface area is 272 Å². The van der Waals surface area contributed by atoms with Crippen LogP contribution in [0.15, 0.2) is 90.2 Å². The molecule has 13 nitrogen and oxygen atoms in total. The summed E-state index contributed by atoms with van der Waals surface area (Å²) in [7, 11) is -2.77. The average molecular weight is 656 g/mol. The lowest BCUT2D eigenvalue weighted by Crippen LogP contribution is -2.22. The Morgan fingerprint density at radius 3 is 2.15 bits per heavy atom. The van der Waals surface area contributed by atoms with E-state index in [0.717, 1.165) is 11.1 Å². The van der Waals surface area contributed by atoms with Gasteiger partial charge in [-0.3, -0.25) is 9.52 Å². The highest BCUT2D eigenvalue weighted by Gasteiger charge is 2.27. The van der Waals surface area contributed by atoms with Gasteiger partial charge in [0.25, 0.3) is 21.8 Å². The SMILES string of the molecule is COc1ccccc1Oc1c(NS(=O)(=O)c2ccc(C(C)(C)C)cc2)nc(-c2ncccn2)nc1OCC(=O)Nc1ncccc1C. The first-order valence-corrected chi connectivity index (χ1v) is 15.9. The molecule has 3 heterocycles. The second-order valence-corrected chi connectivity index (χ2v) is 12.9. The molecule has 0 aliphatic heterocycles. The number of hydrogen-bond donors (Lipinski definition) is 2. The molecule has 0 saturated carbocycles. The van der Waals surface area contributed by atoms with Crippen molar-refractivity contribution >= 4 is 27.6 Å². The number of aryl methyl sites for hydroxylation is 1. The van der Waals surface area contributed by atoms with Crippen LogP contribution in [0.1, 0.15) is 31.9 Å². The lowest BCUT2D eigenvalue weighted by atomic mass is 9.87. The van der Waals surface area contributed by atoms with E-state index in [1.807, 2.05) is 20.8 Å². The number of carbonyl (C=O) groups excluding carboxylic acids is 1. The van der Waals surface area contributed by atoms with Crippen LogP contribution in [-0.2, 0) is 20.2 Å². The minimum Gasteiger partial charge on any atom is -0.493 e. The highest BCUT2D eigenvalue weighted by molar-refractivity contribution is 7.92. The highest BCUT2D eigenvalue weighted by Crippen LogP contribution is 2.41. The van der Waals surface area contributed by atoms with Gasteiger partial charge in [0.15, 0.2) is 29.7 Å². The molecule has 0 bridgehead atoms. The van der Waals surface area contributed by atoms with E-state index in [1.165, 1.54) is 31.6 Å². The molecule has 5 aromatic rings. The van der Waals surface area contributed by atoms with Crippen molar-refractivity contribution in [2.24, 2.45) is 0 Å². The summed E-state index contributed by atoms with van der Waals surface area (Å²) in [4.78, 5) is 34.4. The largest absolute Gasteiger partial charge is 0.493 e. The monoisotopic (exact) mass is 655 g/mol. The van der Waals surface area contributed by atoms with Gasteiger partial charge in [-0.05, 0) is 59.9 Å². The van der Waals surface area contributed by atoms with Crippen LogP contribution in [0.2, 0.25) is 0 Å². The van der Waals surface area contributed by atoms with E-state index in [0.29, 0.717) is 11.6 Å². The maximum Gasteiger partial charge on any atom is 0.264 e. The molecule has 0 saturated heterocycles. The van der Waals surface area contributed by atoms with Crippen LogP contribution in [-0.4, -0.2) is 53.0 Å². The standard InChI is InChI=1S/C33H33N7O6S/c1-21-10-8-17-34-28(21)37-26(41)20-45-32-27(46-25-12-7-6-11-24(25)44-5)29(38-31(39-32)30-35-18-9-19-36-30)40-47(42,43)23-15-13-22(14-16-23)33(2,3)4/h6-19H,20H2,1-5H3,(H,34,37,41)(H,38,39,40). The fourth-order valence-electron chi connectivity index (χ4n) is 4.26. The van der Waals surface area contributed by atoms with Gasteiger partial charge in [0, 0.05) is 18.6 Å². The van der Waals surface area contributed by atoms with Crippen LogP contribution >= 0.6 is 0 Å². The number of aromatic nitrogens is 5. The second kappa shape index (κ2) is 13.8. The fraction of sp³-hybridized carbons (Fsp3) is 0.212. The van der Waals surface area contributed by atoms with Crippen molar-refractivity contribution in [3.05, 3.63) is 96.4 Å². The molecule has 0 aliphatic carbocycles. The van der Waals surface area contributed by atoms with Gasteiger partial charge in [-0.1, -0.05) is 51.1 Å². The first kappa shape index (κ1) is 32.8. The molecular formula is C33H33N7O6S. The molecule has 1 amide bonds. The van der Waals surface area contributed by atoms with Crippen LogP contribution in [0, 0.1) is 6.92 Å². The lowest BCUT2D eigenvalue weighted by Gasteiger charge is -2.20. The number of sulfonamides is 1. The van der Waals surface area contributed by atoms with Gasteiger partial charge >= 0.3 is 0 Å². The number of para-hydroxylation sites is 2. The van der Waals surface area contributed by atoms with Crippen molar-refractivity contribution in [2.75, 3.05) is 23.8 Å². The predicted molar refractivity (Wildman–Crippen MR) is 175 cm³/mol. The maximum absolute atomic E-state index is 13.8. The van der Waals surface area contributed by atoms with E-state index >= 15 is 0 Å². The summed E-state index contributed by atoms with van der Waals surface area (Å²) < 4.78 is 47.5. The summed E-state index contributed by atoms with van der Waals surface area (Å²) in [5.74, 6) is -0.443. The molecule has 0 unspecified atom stereocenters. The molecular weight excluding hydrogens is 622 g/mol. The van der Waals surface area contributed by atoms with Crippen molar-refractivity contribution in [1.29, 1.82) is 0 Å². The Morgan fingerprint density at radius 1 is 0.809 bits per heavy atom. The van der Waals surface area contributed by atoms with Crippen molar-refractivity contribution in [3.8, 4) is 34.8 Å². The maximum atomic E-state index is 13.8. The zero-order valence-corrected chi connectivity index (χ0v) is 27.2. The quantitative estimate of drug-likeness (QED) is 0.183. The summed E-state index contributed by atoms with van der Waals surface area (Å²) in [6.07, 6.45) is 4.51. The van der Waals surface area contributed by atoms with Gasteiger partial charge in [-0.25, -0.2) is 28.4 Å². The Hall–Kier alpha value is -5.63. The molecule has 0 atom stereocenters. The lowest BCUT2D eigenvalue weighted by molar-refractivity contribution is -0.118. The Kier molecular flexibility index (Phi) is 9.61. The van der Waals surface area contributed by atoms with Crippen LogP contribution in [0.3, 0.4) is 0 Å². The summed E-state index contributed by atoms with van der Waals surface area (Å²) in [5.41, 5.74) is 1.52. The van der Waals surface area contributed by atoms with Crippen LogP contribution in [0.5, 0.6) is 23.1 Å². The number of anilines is 2. The van der Waals surface area contributed by atoms with Gasteiger partial charge in [0.2, 0.25) is 11.6 Å². The van der Waals surface area contributed by atoms with Crippen molar-refractivity contribution in [1.82, 2.24) is 24.9 Å². The first-order chi connectivity index (χ1) is 22.4. The highest BCUT2D eigenvalue weighted by atomic mass is 32.2. The number of pyridine rings is 1. The molecule has 2 aromatic carbocycles. The van der Waals surface area contributed by atoms with Crippen molar-refractivity contribution < 1.29 is 27.4 Å². The topological polar surface area (TPSA) is 167 Å². The van der Waals surface area contributed by atoms with Gasteiger partial charge in [0.1, 0.15) is 5.82 Å². The number of rotatable bonds is 11. The van der Waals surface area contributed by atoms with E-state index in [-0.39, 0.29) is 45.2 Å². The molecule has 5 rings (SSSR count). The summed E-state index contributed by atoms with van der Waals surface area (Å²) in [6.45, 7) is 7.36. The molecule has 0 radical (unpaired) electrons. The number of amides is 1. The predicted octanol–water partition coefficient (Wildman–Crippen LogP) is 5.55. The fourth-order valence-corrected chi connectivity index (χ4v) is 5.26. The number of ether oxygens (including phenoxy) is 3. The smallest absolute Gasteiger partial charge is 0.264 e. The molecule has 2 N–H and O–H groups in total. The van der Waals surface area contributed by atoms with Crippen LogP contribution < -0.4 is 24.2 Å². The normalized spacial score (nSPS) is 11.4. The molecule has 0 spiro atoms. The number of methoxy groups -OCH3 is 1. The molecule has 3 aromatic heterocycles. The number of nitrogens with one attached hydrogen (secondary N) is 2. The van der Waals surface area contributed by atoms with Gasteiger partial charge in [-0.2, -0.15) is 4.98 Å². The molecule has 242 valence electrons. The zero-order valence-electron chi connectivity index (χ0n) is 26.4. The third-order valence-electron chi connectivity index (χ3n) is 6.75. The Morgan fingerprint density at radius 2 is 1.49 bits per heavy atom. The molecule has 0 aliphatic rings. The molecule has 0 fully saturated rings. The first-order valence-electron chi connectivity index (χ1n) is 14.4. The molecule has 47 heavy (non-hydrogen) atoms. The zero-order chi connectivity index (χ0) is 33.6. The van der Waals surface area contributed by atoms with E-state index in [9.17, 15) is 13.2 Å². The number of carbonyl (C=O) groups is 1. The van der Waals surface area contributed by atoms with Gasteiger partial charge in [-0.15, -0.1) is 0 Å². The Bertz CT molecular complexity index is 1980. The third-order valence-corrected chi connectivity index (χ3v) is 8.11. The minimum absolute atomic E-state index is 0.0163. The van der Waals surface area contributed by atoms with Crippen molar-refractivity contribution in [3.63, 3.8) is 0 Å². The van der Waals surface area contributed by atoms with E-state index in [1.54, 1.807) is 67.7 Å². The average Bonchev–Trinajstić information content (AvgIpc) is 3.06. The summed E-state index contributed by atoms with van der Waals surface area (Å²) in [5, 5.41) is 2.69. The van der Waals surface area contributed by atoms with Crippen molar-refractivity contribution in [2.45, 2.75) is 38.0 Å². The van der Waals surface area contributed by atoms with E-state index in [2.05, 4.69) is 35.0 Å². The van der Waals surface area contributed by atoms with Gasteiger partial charge < -0.3 is 19.5 Å². The third kappa shape index (κ3) is 7.97. The number of hydrogen-bond acceptors (Lipinski definition) is 11. The van der Waals surface area contributed by atoms with Gasteiger partial charge in [0.05, 0.1) is 12.0 Å². The van der Waals surface area contributed by atoms with E-state index < -0.39 is 22.5 Å². The molecule has 14 heteroatoms. The van der Waals surface area contributed by atoms with Crippen LogP contribution in [0.25, 0.3) is 11.6 Å². The van der Waals surface area contributed by atoms with E-state index in [4.69, 9.17) is 14.2 Å².